The van der Waals surface area contributed by atoms with Crippen molar-refractivity contribution in [3.63, 3.8) is 0 Å². The number of hydrogen-bond acceptors (Lipinski definition) is 3. The molecule has 1 heterocycles. The van der Waals surface area contributed by atoms with Crippen LogP contribution in [0, 0.1) is 0 Å². The molecule has 0 aromatic heterocycles. The summed E-state index contributed by atoms with van der Waals surface area (Å²) < 4.78 is 0.870. The first-order valence-corrected chi connectivity index (χ1v) is 11.3. The van der Waals surface area contributed by atoms with Crippen LogP contribution in [0.4, 0.5) is 10.5 Å². The molecule has 5 nitrogen and oxygen atoms in total. The molecule has 1 fully saturated rings. The van der Waals surface area contributed by atoms with Gasteiger partial charge < -0.3 is 14.5 Å². The van der Waals surface area contributed by atoms with Crippen molar-refractivity contribution in [2.75, 3.05) is 57.0 Å². The molecular weight excluding hydrogens is 382 g/mol. The zero-order valence-corrected chi connectivity index (χ0v) is 18.2. The highest BCUT2D eigenvalue weighted by Gasteiger charge is 2.35. The maximum absolute atomic E-state index is 12.9. The van der Waals surface area contributed by atoms with Gasteiger partial charge in [-0.1, -0.05) is 36.4 Å². The summed E-state index contributed by atoms with van der Waals surface area (Å²) in [5.74, 6) is 0.698. The molecule has 6 heteroatoms. The number of urea groups is 1. The highest BCUT2D eigenvalue weighted by Crippen LogP contribution is 2.22. The molecule has 1 N–H and O–H groups in total. The Labute approximate surface area is 178 Å². The monoisotopic (exact) mass is 414 g/mol. The minimum atomic E-state index is -0.352. The molecule has 1 atom stereocenters. The summed E-state index contributed by atoms with van der Waals surface area (Å²) in [6.07, 6.45) is -0.352. The van der Waals surface area contributed by atoms with Gasteiger partial charge in [-0.05, 0) is 31.2 Å². The lowest BCUT2D eigenvalue weighted by atomic mass is 10.2. The van der Waals surface area contributed by atoms with Crippen LogP contribution in [-0.4, -0.2) is 78.7 Å². The number of anilines is 1. The summed E-state index contributed by atoms with van der Waals surface area (Å²) >= 11 is 1.70. The molecule has 2 aromatic carbocycles. The number of para-hydroxylation sites is 1. The first-order chi connectivity index (χ1) is 14.0. The highest BCUT2D eigenvalue weighted by atomic mass is 32.2. The number of aliphatic hydroxyl groups excluding tert-OH is 1. The minimum absolute atomic E-state index is 0.0466. The third-order valence-electron chi connectivity index (χ3n) is 5.84. The van der Waals surface area contributed by atoms with Crippen molar-refractivity contribution in [3.8, 4) is 0 Å². The molecule has 1 aliphatic heterocycles. The zero-order valence-electron chi connectivity index (χ0n) is 17.4. The SMILES string of the molecule is CC[N+]1(CC(O)CSc2ccccc2)CCN(C(=O)N(C)c2ccccc2)CC1. The van der Waals surface area contributed by atoms with Crippen LogP contribution in [-0.2, 0) is 0 Å². The number of aliphatic hydroxyl groups is 1. The van der Waals surface area contributed by atoms with Crippen LogP contribution in [0.3, 0.4) is 0 Å². The first-order valence-electron chi connectivity index (χ1n) is 10.3. The number of thioether (sulfide) groups is 1. The van der Waals surface area contributed by atoms with Gasteiger partial charge in [-0.3, -0.25) is 4.90 Å². The van der Waals surface area contributed by atoms with E-state index in [0.717, 1.165) is 49.4 Å². The summed E-state index contributed by atoms with van der Waals surface area (Å²) in [6, 6.07) is 20.0. The average molecular weight is 415 g/mol. The largest absolute Gasteiger partial charge is 0.386 e. The number of carbonyl (C=O) groups is 1. The number of amides is 2. The van der Waals surface area contributed by atoms with Gasteiger partial charge in [0.15, 0.2) is 0 Å². The second kappa shape index (κ2) is 10.1. The van der Waals surface area contributed by atoms with Gasteiger partial charge in [0.25, 0.3) is 0 Å². The van der Waals surface area contributed by atoms with Crippen molar-refractivity contribution in [1.29, 1.82) is 0 Å². The van der Waals surface area contributed by atoms with Gasteiger partial charge in [-0.15, -0.1) is 11.8 Å². The number of hydrogen-bond donors (Lipinski definition) is 1. The van der Waals surface area contributed by atoms with Gasteiger partial charge in [0.2, 0.25) is 0 Å². The van der Waals surface area contributed by atoms with Crippen molar-refractivity contribution in [2.45, 2.75) is 17.9 Å². The minimum Gasteiger partial charge on any atom is -0.386 e. The van der Waals surface area contributed by atoms with Gasteiger partial charge in [-0.2, -0.15) is 0 Å². The number of piperazine rings is 1. The average Bonchev–Trinajstić information content (AvgIpc) is 2.78. The highest BCUT2D eigenvalue weighted by molar-refractivity contribution is 7.99. The van der Waals surface area contributed by atoms with Crippen LogP contribution in [0.2, 0.25) is 0 Å². The van der Waals surface area contributed by atoms with Crippen LogP contribution in [0.1, 0.15) is 6.92 Å². The molecule has 3 rings (SSSR count). The van der Waals surface area contributed by atoms with E-state index in [4.69, 9.17) is 0 Å². The molecule has 156 valence electrons. The van der Waals surface area contributed by atoms with Crippen molar-refractivity contribution in [1.82, 2.24) is 4.90 Å². The summed E-state index contributed by atoms with van der Waals surface area (Å²) in [5, 5.41) is 10.6. The van der Waals surface area contributed by atoms with Gasteiger partial charge in [0, 0.05) is 23.4 Å². The van der Waals surface area contributed by atoms with E-state index in [0.29, 0.717) is 5.75 Å². The van der Waals surface area contributed by atoms with E-state index in [9.17, 15) is 9.90 Å². The quantitative estimate of drug-likeness (QED) is 0.557. The zero-order chi connectivity index (χ0) is 20.7. The molecule has 0 spiro atoms. The van der Waals surface area contributed by atoms with E-state index in [2.05, 4.69) is 19.1 Å². The fourth-order valence-corrected chi connectivity index (χ4v) is 4.73. The van der Waals surface area contributed by atoms with Crippen molar-refractivity contribution >= 4 is 23.5 Å². The fourth-order valence-electron chi connectivity index (χ4n) is 3.89. The van der Waals surface area contributed by atoms with Gasteiger partial charge in [-0.25, -0.2) is 4.79 Å². The Balaban J connectivity index is 1.51. The Morgan fingerprint density at radius 3 is 2.28 bits per heavy atom. The third-order valence-corrected chi connectivity index (χ3v) is 7.00. The summed E-state index contributed by atoms with van der Waals surface area (Å²) in [6.45, 7) is 7.13. The molecule has 0 bridgehead atoms. The summed E-state index contributed by atoms with van der Waals surface area (Å²) in [4.78, 5) is 17.7. The Kier molecular flexibility index (Phi) is 7.58. The van der Waals surface area contributed by atoms with Crippen molar-refractivity contribution < 1.29 is 14.4 Å². The number of likely N-dealkylation sites (N-methyl/N-ethyl adjacent to an activating group) is 1. The predicted molar refractivity (Wildman–Crippen MR) is 120 cm³/mol. The molecule has 1 unspecified atom stereocenters. The van der Waals surface area contributed by atoms with Crippen LogP contribution in [0.5, 0.6) is 0 Å². The molecule has 1 saturated heterocycles. The molecule has 0 saturated carbocycles. The Morgan fingerprint density at radius 2 is 1.69 bits per heavy atom. The Hall–Kier alpha value is -2.02. The second-order valence-electron chi connectivity index (χ2n) is 7.73. The van der Waals surface area contributed by atoms with Crippen LogP contribution >= 0.6 is 11.8 Å². The normalized spacial score (nSPS) is 17.0. The Bertz CT molecular complexity index is 764. The second-order valence-corrected chi connectivity index (χ2v) is 8.82. The lowest BCUT2D eigenvalue weighted by molar-refractivity contribution is -0.932. The van der Waals surface area contributed by atoms with E-state index in [1.165, 1.54) is 4.90 Å². The van der Waals surface area contributed by atoms with Crippen LogP contribution in [0.15, 0.2) is 65.6 Å². The van der Waals surface area contributed by atoms with Crippen LogP contribution < -0.4 is 4.90 Å². The van der Waals surface area contributed by atoms with Gasteiger partial charge >= 0.3 is 6.03 Å². The Morgan fingerprint density at radius 1 is 1.10 bits per heavy atom. The van der Waals surface area contributed by atoms with E-state index in [1.54, 1.807) is 16.7 Å². The molecule has 2 amide bonds. The lowest BCUT2D eigenvalue weighted by Gasteiger charge is -2.45. The third kappa shape index (κ3) is 5.75. The standard InChI is InChI=1S/C23H32N3O2S/c1-3-26(18-21(27)19-29-22-12-8-5-9-13-22)16-14-25(15-17-26)23(28)24(2)20-10-6-4-7-11-20/h4-13,21,27H,3,14-19H2,1-2H3/q+1. The van der Waals surface area contributed by atoms with E-state index in [1.807, 2.05) is 60.5 Å². The summed E-state index contributed by atoms with van der Waals surface area (Å²) in [7, 11) is 1.83. The van der Waals surface area contributed by atoms with E-state index < -0.39 is 0 Å². The lowest BCUT2D eigenvalue weighted by Crippen LogP contribution is -2.63. The molecule has 2 aromatic rings. The first kappa shape index (κ1) is 21.7. The predicted octanol–water partition coefficient (Wildman–Crippen LogP) is 3.55. The number of benzene rings is 2. The molecule has 0 radical (unpaired) electrons. The molecular formula is C23H32N3O2S+. The number of nitrogens with zero attached hydrogens (tertiary/aromatic N) is 3. The van der Waals surface area contributed by atoms with E-state index >= 15 is 0 Å². The fraction of sp³-hybridized carbons (Fsp3) is 0.435. The number of quaternary nitrogens is 1. The number of carbonyl (C=O) groups excluding carboxylic acids is 1. The van der Waals surface area contributed by atoms with Gasteiger partial charge in [0.05, 0.1) is 32.7 Å². The maximum Gasteiger partial charge on any atom is 0.324 e. The van der Waals surface area contributed by atoms with Gasteiger partial charge in [0.1, 0.15) is 12.6 Å². The molecule has 0 aliphatic carbocycles. The smallest absolute Gasteiger partial charge is 0.324 e. The van der Waals surface area contributed by atoms with Crippen LogP contribution in [0.25, 0.3) is 0 Å². The maximum atomic E-state index is 12.9. The van der Waals surface area contributed by atoms with Crippen molar-refractivity contribution in [3.05, 3.63) is 60.7 Å². The number of rotatable bonds is 7. The van der Waals surface area contributed by atoms with Crippen molar-refractivity contribution in [2.24, 2.45) is 0 Å². The molecule has 29 heavy (non-hydrogen) atoms. The van der Waals surface area contributed by atoms with E-state index in [-0.39, 0.29) is 12.1 Å². The summed E-state index contributed by atoms with van der Waals surface area (Å²) in [5.41, 5.74) is 0.910. The molecule has 1 aliphatic rings. The topological polar surface area (TPSA) is 43.8 Å².